The van der Waals surface area contributed by atoms with Gasteiger partial charge in [-0.25, -0.2) is 0 Å². The fourth-order valence-electron chi connectivity index (χ4n) is 4.22. The van der Waals surface area contributed by atoms with E-state index in [-0.39, 0.29) is 17.7 Å². The molecule has 0 radical (unpaired) electrons. The molecule has 0 aliphatic carbocycles. The smallest absolute Gasteiger partial charge is 0.254 e. The van der Waals surface area contributed by atoms with E-state index in [2.05, 4.69) is 5.32 Å². The Kier molecular flexibility index (Phi) is 6.21. The molecular formula is C26H28N2O3. The molecular weight excluding hydrogens is 388 g/mol. The summed E-state index contributed by atoms with van der Waals surface area (Å²) in [7, 11) is 1.63. The molecule has 1 aliphatic rings. The number of hydrogen-bond acceptors (Lipinski definition) is 3. The molecule has 0 aromatic heterocycles. The number of nitrogens with one attached hydrogen (secondary N) is 1. The van der Waals surface area contributed by atoms with E-state index in [0.717, 1.165) is 34.9 Å². The van der Waals surface area contributed by atoms with Gasteiger partial charge in [-0.05, 0) is 42.8 Å². The largest absolute Gasteiger partial charge is 0.496 e. The molecule has 5 heteroatoms. The Morgan fingerprint density at radius 2 is 1.77 bits per heavy atom. The zero-order valence-corrected chi connectivity index (χ0v) is 18.1. The summed E-state index contributed by atoms with van der Waals surface area (Å²) in [5, 5.41) is 4.83. The summed E-state index contributed by atoms with van der Waals surface area (Å²) < 4.78 is 5.45. The van der Waals surface area contributed by atoms with Crippen molar-refractivity contribution < 1.29 is 14.3 Å². The van der Waals surface area contributed by atoms with Crippen LogP contribution < -0.4 is 10.1 Å². The molecule has 5 nitrogen and oxygen atoms in total. The second-order valence-corrected chi connectivity index (χ2v) is 8.15. The zero-order chi connectivity index (χ0) is 21.8. The van der Waals surface area contributed by atoms with E-state index in [1.807, 2.05) is 72.5 Å². The van der Waals surface area contributed by atoms with Crippen molar-refractivity contribution in [1.82, 2.24) is 10.2 Å². The minimum Gasteiger partial charge on any atom is -0.496 e. The van der Waals surface area contributed by atoms with Gasteiger partial charge in [-0.3, -0.25) is 9.59 Å². The van der Waals surface area contributed by atoms with Crippen molar-refractivity contribution in [2.75, 3.05) is 20.2 Å². The average molecular weight is 417 g/mol. The van der Waals surface area contributed by atoms with Crippen LogP contribution in [0.15, 0.2) is 60.7 Å². The Morgan fingerprint density at radius 3 is 2.52 bits per heavy atom. The molecule has 1 atom stereocenters. The first kappa shape index (κ1) is 20.9. The van der Waals surface area contributed by atoms with E-state index in [0.29, 0.717) is 25.2 Å². The fraction of sp³-hybridized carbons (Fsp3) is 0.308. The van der Waals surface area contributed by atoms with E-state index >= 15 is 0 Å². The Morgan fingerprint density at radius 1 is 1.03 bits per heavy atom. The second-order valence-electron chi connectivity index (χ2n) is 8.15. The van der Waals surface area contributed by atoms with Crippen LogP contribution >= 0.6 is 0 Å². The SMILES string of the molecule is COc1ccc(C(=O)N2CCC[C@H](C(=O)NCc3ccc(C)cc3)C2)c2ccccc12. The van der Waals surface area contributed by atoms with Crippen molar-refractivity contribution in [2.45, 2.75) is 26.3 Å². The molecule has 4 rings (SSSR count). The number of hydrogen-bond donors (Lipinski definition) is 1. The Hall–Kier alpha value is -3.34. The first-order valence-electron chi connectivity index (χ1n) is 10.7. The van der Waals surface area contributed by atoms with Gasteiger partial charge in [-0.1, -0.05) is 54.1 Å². The maximum atomic E-state index is 13.3. The van der Waals surface area contributed by atoms with Crippen LogP contribution in [-0.4, -0.2) is 36.9 Å². The van der Waals surface area contributed by atoms with Crippen LogP contribution in [0.4, 0.5) is 0 Å². The average Bonchev–Trinajstić information content (AvgIpc) is 2.82. The summed E-state index contributed by atoms with van der Waals surface area (Å²) in [5.74, 6) is 0.541. The number of methoxy groups -OCH3 is 1. The fourth-order valence-corrected chi connectivity index (χ4v) is 4.22. The second kappa shape index (κ2) is 9.21. The molecule has 1 aliphatic heterocycles. The van der Waals surface area contributed by atoms with Gasteiger partial charge in [0.25, 0.3) is 5.91 Å². The van der Waals surface area contributed by atoms with Crippen LogP contribution in [0.5, 0.6) is 5.75 Å². The summed E-state index contributed by atoms with van der Waals surface area (Å²) in [6.45, 7) is 3.66. The molecule has 0 bridgehead atoms. The lowest BCUT2D eigenvalue weighted by Crippen LogP contribution is -2.45. The van der Waals surface area contributed by atoms with Gasteiger partial charge in [-0.15, -0.1) is 0 Å². The number of carbonyl (C=O) groups is 2. The number of ether oxygens (including phenoxy) is 1. The van der Waals surface area contributed by atoms with Crippen molar-refractivity contribution in [1.29, 1.82) is 0 Å². The molecule has 1 saturated heterocycles. The van der Waals surface area contributed by atoms with Crippen molar-refractivity contribution >= 4 is 22.6 Å². The van der Waals surface area contributed by atoms with Crippen molar-refractivity contribution in [2.24, 2.45) is 5.92 Å². The van der Waals surface area contributed by atoms with Gasteiger partial charge >= 0.3 is 0 Å². The van der Waals surface area contributed by atoms with Crippen LogP contribution in [0.1, 0.15) is 34.3 Å². The monoisotopic (exact) mass is 416 g/mol. The number of rotatable bonds is 5. The quantitative estimate of drug-likeness (QED) is 0.674. The maximum absolute atomic E-state index is 13.3. The highest BCUT2D eigenvalue weighted by Gasteiger charge is 2.29. The highest BCUT2D eigenvalue weighted by molar-refractivity contribution is 6.08. The van der Waals surface area contributed by atoms with E-state index in [9.17, 15) is 9.59 Å². The van der Waals surface area contributed by atoms with Crippen molar-refractivity contribution in [3.63, 3.8) is 0 Å². The Bertz CT molecular complexity index is 1090. The molecule has 3 aromatic rings. The first-order chi connectivity index (χ1) is 15.1. The number of nitrogens with zero attached hydrogens (tertiary/aromatic N) is 1. The molecule has 2 amide bonds. The van der Waals surface area contributed by atoms with Gasteiger partial charge < -0.3 is 15.0 Å². The lowest BCUT2D eigenvalue weighted by molar-refractivity contribution is -0.126. The molecule has 1 heterocycles. The maximum Gasteiger partial charge on any atom is 0.254 e. The summed E-state index contributed by atoms with van der Waals surface area (Å²) >= 11 is 0. The van der Waals surface area contributed by atoms with E-state index in [1.165, 1.54) is 5.56 Å². The van der Waals surface area contributed by atoms with E-state index < -0.39 is 0 Å². The van der Waals surface area contributed by atoms with Crippen LogP contribution in [0.3, 0.4) is 0 Å². The van der Waals surface area contributed by atoms with Gasteiger partial charge in [-0.2, -0.15) is 0 Å². The Labute approximate surface area is 183 Å². The highest BCUT2D eigenvalue weighted by Crippen LogP contribution is 2.30. The van der Waals surface area contributed by atoms with E-state index in [4.69, 9.17) is 4.74 Å². The summed E-state index contributed by atoms with van der Waals surface area (Å²) in [5.41, 5.74) is 2.92. The number of likely N-dealkylation sites (tertiary alicyclic amines) is 1. The summed E-state index contributed by atoms with van der Waals surface area (Å²) in [6.07, 6.45) is 1.62. The topological polar surface area (TPSA) is 58.6 Å². The van der Waals surface area contributed by atoms with Gasteiger partial charge in [0.15, 0.2) is 0 Å². The molecule has 1 fully saturated rings. The van der Waals surface area contributed by atoms with Gasteiger partial charge in [0.05, 0.1) is 13.0 Å². The molecule has 1 N–H and O–H groups in total. The third-order valence-corrected chi connectivity index (χ3v) is 6.00. The molecule has 160 valence electrons. The van der Waals surface area contributed by atoms with Gasteiger partial charge in [0, 0.05) is 30.6 Å². The summed E-state index contributed by atoms with van der Waals surface area (Å²) in [6, 6.07) is 19.6. The summed E-state index contributed by atoms with van der Waals surface area (Å²) in [4.78, 5) is 27.9. The lowest BCUT2D eigenvalue weighted by atomic mass is 9.95. The molecule has 0 saturated carbocycles. The minimum absolute atomic E-state index is 0.0117. The molecule has 0 spiro atoms. The van der Waals surface area contributed by atoms with Crippen molar-refractivity contribution in [3.8, 4) is 5.75 Å². The predicted octanol–water partition coefficient (Wildman–Crippen LogP) is 4.33. The standard InChI is InChI=1S/C26H28N2O3/c1-18-9-11-19(12-10-18)16-27-25(29)20-6-5-15-28(17-20)26(30)23-13-14-24(31-2)22-8-4-3-7-21(22)23/h3-4,7-14,20H,5-6,15-17H2,1-2H3,(H,27,29)/t20-/m0/s1. The van der Waals surface area contributed by atoms with Gasteiger partial charge in [0.2, 0.25) is 5.91 Å². The van der Waals surface area contributed by atoms with E-state index in [1.54, 1.807) is 7.11 Å². The van der Waals surface area contributed by atoms with Gasteiger partial charge in [0.1, 0.15) is 5.75 Å². The molecule has 31 heavy (non-hydrogen) atoms. The molecule has 3 aromatic carbocycles. The third kappa shape index (κ3) is 4.55. The molecule has 0 unspecified atom stereocenters. The number of piperidine rings is 1. The number of amides is 2. The first-order valence-corrected chi connectivity index (χ1v) is 10.7. The zero-order valence-electron chi connectivity index (χ0n) is 18.1. The van der Waals surface area contributed by atoms with Crippen molar-refractivity contribution in [3.05, 3.63) is 77.4 Å². The van der Waals surface area contributed by atoms with Crippen LogP contribution in [0.25, 0.3) is 10.8 Å². The minimum atomic E-state index is -0.187. The third-order valence-electron chi connectivity index (χ3n) is 6.00. The predicted molar refractivity (Wildman–Crippen MR) is 122 cm³/mol. The number of aryl methyl sites for hydroxylation is 1. The number of benzene rings is 3. The van der Waals surface area contributed by atoms with Crippen LogP contribution in [0.2, 0.25) is 0 Å². The lowest BCUT2D eigenvalue weighted by Gasteiger charge is -2.32. The Balaban J connectivity index is 1.46. The number of fused-ring (bicyclic) bond motifs is 1. The normalized spacial score (nSPS) is 16.2. The van der Waals surface area contributed by atoms with Crippen LogP contribution in [0, 0.1) is 12.8 Å². The number of carbonyl (C=O) groups excluding carboxylic acids is 2. The highest BCUT2D eigenvalue weighted by atomic mass is 16.5. The van der Waals surface area contributed by atoms with Crippen LogP contribution in [-0.2, 0) is 11.3 Å².